The van der Waals surface area contributed by atoms with Crippen molar-refractivity contribution >= 4 is 5.78 Å². The van der Waals surface area contributed by atoms with Crippen molar-refractivity contribution in [2.75, 3.05) is 0 Å². The van der Waals surface area contributed by atoms with Crippen molar-refractivity contribution < 1.29 is 18.7 Å². The Morgan fingerprint density at radius 2 is 1.94 bits per heavy atom. The molecule has 0 aliphatic carbocycles. The van der Waals surface area contributed by atoms with E-state index >= 15 is 0 Å². The van der Waals surface area contributed by atoms with E-state index in [2.05, 4.69) is 13.2 Å². The van der Waals surface area contributed by atoms with Crippen LogP contribution < -0.4 is 0 Å². The van der Waals surface area contributed by atoms with Crippen molar-refractivity contribution in [1.29, 1.82) is 0 Å². The van der Waals surface area contributed by atoms with Crippen LogP contribution in [0.15, 0.2) is 25.3 Å². The van der Waals surface area contributed by atoms with Gasteiger partial charge in [0.1, 0.15) is 6.10 Å². The molecule has 0 saturated carbocycles. The number of rotatable bonds is 7. The van der Waals surface area contributed by atoms with Crippen LogP contribution in [0.25, 0.3) is 0 Å². The highest BCUT2D eigenvalue weighted by Gasteiger charge is 2.45. The lowest BCUT2D eigenvalue weighted by molar-refractivity contribution is -0.157. The van der Waals surface area contributed by atoms with Crippen LogP contribution >= 0.6 is 0 Å². The average molecular weight is 232 g/mol. The Kier molecular flexibility index (Phi) is 5.00. The number of halogens is 2. The molecule has 1 unspecified atom stereocenters. The summed E-state index contributed by atoms with van der Waals surface area (Å²) in [5, 5.41) is 8.97. The highest BCUT2D eigenvalue weighted by Crippen LogP contribution is 2.31. The van der Waals surface area contributed by atoms with E-state index in [-0.39, 0.29) is 6.42 Å². The second-order valence-corrected chi connectivity index (χ2v) is 4.56. The molecule has 0 aromatic rings. The summed E-state index contributed by atoms with van der Waals surface area (Å²) in [5.74, 6) is -5.04. The fourth-order valence-corrected chi connectivity index (χ4v) is 1.33. The standard InChI is InChI=1S/C12H18F2O2/c1-5-7-11(3,4)8-10(16)12(13,14)9(15)6-2/h5-6,9,15H,1-2,7-8H2,3-4H3. The minimum Gasteiger partial charge on any atom is -0.382 e. The number of hydrogen-bond acceptors (Lipinski definition) is 2. The molecule has 0 amide bonds. The smallest absolute Gasteiger partial charge is 0.333 e. The molecule has 16 heavy (non-hydrogen) atoms. The van der Waals surface area contributed by atoms with E-state index in [1.165, 1.54) is 0 Å². The average Bonchev–Trinajstić information content (AvgIpc) is 2.15. The van der Waals surface area contributed by atoms with E-state index in [0.717, 1.165) is 0 Å². The number of carbonyl (C=O) groups is 1. The maximum Gasteiger partial charge on any atom is 0.333 e. The minimum absolute atomic E-state index is 0.309. The van der Waals surface area contributed by atoms with Crippen LogP contribution in [0.4, 0.5) is 8.78 Å². The van der Waals surface area contributed by atoms with Crippen molar-refractivity contribution in [1.82, 2.24) is 0 Å². The molecule has 1 atom stereocenters. The first-order valence-electron chi connectivity index (χ1n) is 5.00. The number of aliphatic hydroxyl groups is 1. The summed E-state index contributed by atoms with van der Waals surface area (Å²) in [7, 11) is 0. The van der Waals surface area contributed by atoms with Crippen molar-refractivity contribution in [3.63, 3.8) is 0 Å². The van der Waals surface area contributed by atoms with E-state index in [9.17, 15) is 13.6 Å². The molecule has 4 heteroatoms. The van der Waals surface area contributed by atoms with Gasteiger partial charge in [0.25, 0.3) is 0 Å². The Morgan fingerprint density at radius 3 is 2.31 bits per heavy atom. The second kappa shape index (κ2) is 5.34. The minimum atomic E-state index is -3.76. The molecule has 0 aromatic carbocycles. The first-order chi connectivity index (χ1) is 7.17. The third-order valence-corrected chi connectivity index (χ3v) is 2.30. The Balaban J connectivity index is 4.69. The van der Waals surface area contributed by atoms with E-state index in [1.54, 1.807) is 19.9 Å². The first-order valence-corrected chi connectivity index (χ1v) is 5.00. The summed E-state index contributed by atoms with van der Waals surface area (Å²) in [4.78, 5) is 11.4. The molecule has 0 spiro atoms. The predicted molar refractivity (Wildman–Crippen MR) is 59.4 cm³/mol. The molecule has 92 valence electrons. The van der Waals surface area contributed by atoms with Crippen LogP contribution in [0.2, 0.25) is 0 Å². The highest BCUT2D eigenvalue weighted by atomic mass is 19.3. The Labute approximate surface area is 94.7 Å². The van der Waals surface area contributed by atoms with Crippen LogP contribution in [0.1, 0.15) is 26.7 Å². The van der Waals surface area contributed by atoms with Crippen LogP contribution in [0.5, 0.6) is 0 Å². The van der Waals surface area contributed by atoms with Crippen LogP contribution in [0.3, 0.4) is 0 Å². The summed E-state index contributed by atoms with van der Waals surface area (Å²) in [5.41, 5.74) is -0.580. The summed E-state index contributed by atoms with van der Waals surface area (Å²) >= 11 is 0. The lowest BCUT2D eigenvalue weighted by atomic mass is 9.82. The van der Waals surface area contributed by atoms with Gasteiger partial charge in [-0.15, -0.1) is 13.2 Å². The molecule has 0 aromatic heterocycles. The number of hydrogen-bond donors (Lipinski definition) is 1. The SMILES string of the molecule is C=CCC(C)(C)CC(=O)C(F)(F)C(O)C=C. The third kappa shape index (κ3) is 3.85. The van der Waals surface area contributed by atoms with Gasteiger partial charge in [0, 0.05) is 6.42 Å². The van der Waals surface area contributed by atoms with Gasteiger partial charge in [0.05, 0.1) is 0 Å². The van der Waals surface area contributed by atoms with Gasteiger partial charge in [-0.05, 0) is 11.8 Å². The maximum absolute atomic E-state index is 13.3. The molecule has 2 nitrogen and oxygen atoms in total. The van der Waals surface area contributed by atoms with E-state index < -0.39 is 23.2 Å². The van der Waals surface area contributed by atoms with E-state index in [0.29, 0.717) is 12.5 Å². The molecule has 1 N–H and O–H groups in total. The van der Waals surface area contributed by atoms with Gasteiger partial charge < -0.3 is 5.11 Å². The molecule has 0 aliphatic heterocycles. The summed E-state index contributed by atoms with van der Waals surface area (Å²) < 4.78 is 26.6. The molecular formula is C12H18F2O2. The maximum atomic E-state index is 13.3. The van der Waals surface area contributed by atoms with Crippen LogP contribution in [-0.2, 0) is 4.79 Å². The fraction of sp³-hybridized carbons (Fsp3) is 0.583. The van der Waals surface area contributed by atoms with Crippen LogP contribution in [0, 0.1) is 5.41 Å². The first kappa shape index (κ1) is 15.0. The predicted octanol–water partition coefficient (Wildman–Crippen LogP) is 2.73. The number of allylic oxidation sites excluding steroid dienone is 1. The summed E-state index contributed by atoms with van der Waals surface area (Å²) in [6.45, 7) is 9.94. The molecule has 0 fully saturated rings. The topological polar surface area (TPSA) is 37.3 Å². The van der Waals surface area contributed by atoms with Crippen molar-refractivity contribution in [2.24, 2.45) is 5.41 Å². The molecule has 0 bridgehead atoms. The van der Waals surface area contributed by atoms with Gasteiger partial charge in [0.2, 0.25) is 5.78 Å². The molecule has 0 radical (unpaired) electrons. The quantitative estimate of drug-likeness (QED) is 0.685. The highest BCUT2D eigenvalue weighted by molar-refractivity contribution is 5.87. The zero-order chi connectivity index (χ0) is 13.0. The van der Waals surface area contributed by atoms with Gasteiger partial charge in [-0.25, -0.2) is 0 Å². The van der Waals surface area contributed by atoms with Crippen LogP contribution in [-0.4, -0.2) is 22.9 Å². The molecule has 0 rings (SSSR count). The monoisotopic (exact) mass is 232 g/mol. The Hall–Kier alpha value is -1.03. The lowest BCUT2D eigenvalue weighted by Gasteiger charge is -2.26. The van der Waals surface area contributed by atoms with Gasteiger partial charge in [-0.1, -0.05) is 26.0 Å². The molecular weight excluding hydrogens is 214 g/mol. The largest absolute Gasteiger partial charge is 0.382 e. The second-order valence-electron chi connectivity index (χ2n) is 4.56. The zero-order valence-electron chi connectivity index (χ0n) is 9.67. The Morgan fingerprint density at radius 1 is 1.44 bits per heavy atom. The Bertz CT molecular complexity index is 283. The van der Waals surface area contributed by atoms with Crippen molar-refractivity contribution in [3.05, 3.63) is 25.3 Å². The zero-order valence-corrected chi connectivity index (χ0v) is 9.67. The van der Waals surface area contributed by atoms with Gasteiger partial charge in [0.15, 0.2) is 0 Å². The number of carbonyl (C=O) groups excluding carboxylic acids is 1. The van der Waals surface area contributed by atoms with Crippen molar-refractivity contribution in [3.8, 4) is 0 Å². The summed E-state index contributed by atoms with van der Waals surface area (Å²) in [6, 6.07) is 0. The fourth-order valence-electron chi connectivity index (χ4n) is 1.33. The molecule has 0 aliphatic rings. The number of aliphatic hydroxyl groups excluding tert-OH is 1. The third-order valence-electron chi connectivity index (χ3n) is 2.30. The molecule has 0 heterocycles. The number of ketones is 1. The van der Waals surface area contributed by atoms with E-state index in [4.69, 9.17) is 5.11 Å². The summed E-state index contributed by atoms with van der Waals surface area (Å²) in [6.07, 6.45) is 0.267. The number of Topliss-reactive ketones (excluding diaryl/α,β-unsaturated/α-hetero) is 1. The number of alkyl halides is 2. The van der Waals surface area contributed by atoms with Gasteiger partial charge >= 0.3 is 5.92 Å². The van der Waals surface area contributed by atoms with E-state index in [1.807, 2.05) is 0 Å². The van der Waals surface area contributed by atoms with Crippen molar-refractivity contribution in [2.45, 2.75) is 38.7 Å². The molecule has 0 saturated heterocycles. The van der Waals surface area contributed by atoms with Gasteiger partial charge in [-0.2, -0.15) is 8.78 Å². The normalized spacial score (nSPS) is 14.3. The van der Waals surface area contributed by atoms with Gasteiger partial charge in [-0.3, -0.25) is 4.79 Å². The lowest BCUT2D eigenvalue weighted by Crippen LogP contribution is -2.42.